The van der Waals surface area contributed by atoms with E-state index in [4.69, 9.17) is 0 Å². The van der Waals surface area contributed by atoms with Gasteiger partial charge in [0.25, 0.3) is 0 Å². The Hall–Kier alpha value is -0.370. The molecule has 2 nitrogen and oxygen atoms in total. The average molecular weight is 236 g/mol. The van der Waals surface area contributed by atoms with E-state index in [9.17, 15) is 9.90 Å². The number of ketones is 1. The molecule has 0 saturated heterocycles. The lowest BCUT2D eigenvalue weighted by Gasteiger charge is -2.56. The van der Waals surface area contributed by atoms with Gasteiger partial charge in [0, 0.05) is 11.8 Å². The maximum atomic E-state index is 12.1. The molecule has 0 aliphatic heterocycles. The fourth-order valence-electron chi connectivity index (χ4n) is 5.13. The van der Waals surface area contributed by atoms with Gasteiger partial charge in [-0.2, -0.15) is 0 Å². The Morgan fingerprint density at radius 2 is 2.00 bits per heavy atom. The number of fused-ring (bicyclic) bond motifs is 3. The van der Waals surface area contributed by atoms with Gasteiger partial charge in [-0.3, -0.25) is 4.79 Å². The summed E-state index contributed by atoms with van der Waals surface area (Å²) in [7, 11) is 0. The Bertz CT molecular complexity index is 341. The summed E-state index contributed by atoms with van der Waals surface area (Å²) < 4.78 is 0. The minimum Gasteiger partial charge on any atom is -0.382 e. The molecule has 0 radical (unpaired) electrons. The van der Waals surface area contributed by atoms with Crippen molar-refractivity contribution >= 4 is 5.78 Å². The van der Waals surface area contributed by atoms with Crippen LogP contribution in [0.4, 0.5) is 0 Å². The predicted molar refractivity (Wildman–Crippen MR) is 66.5 cm³/mol. The first-order valence-corrected chi connectivity index (χ1v) is 7.24. The number of hydrogen-bond donors (Lipinski definition) is 1. The van der Waals surface area contributed by atoms with Crippen molar-refractivity contribution in [2.45, 2.75) is 64.4 Å². The van der Waals surface area contributed by atoms with E-state index in [1.54, 1.807) is 6.92 Å². The van der Waals surface area contributed by atoms with Crippen LogP contribution in [0.1, 0.15) is 58.8 Å². The van der Waals surface area contributed by atoms with Gasteiger partial charge in [0.1, 0.15) is 5.60 Å². The van der Waals surface area contributed by atoms with Crippen molar-refractivity contribution in [3.8, 4) is 0 Å². The van der Waals surface area contributed by atoms with Crippen LogP contribution in [0.2, 0.25) is 0 Å². The van der Waals surface area contributed by atoms with E-state index in [0.717, 1.165) is 12.3 Å². The highest BCUT2D eigenvalue weighted by Crippen LogP contribution is 2.63. The Morgan fingerprint density at radius 3 is 2.59 bits per heavy atom. The highest BCUT2D eigenvalue weighted by atomic mass is 16.3. The molecule has 0 aromatic rings. The second-order valence-electron chi connectivity index (χ2n) is 6.92. The Balaban J connectivity index is 1.99. The van der Waals surface area contributed by atoms with Gasteiger partial charge in [-0.1, -0.05) is 26.2 Å². The third-order valence-electron chi connectivity index (χ3n) is 6.24. The molecule has 0 amide bonds. The molecule has 2 bridgehead atoms. The topological polar surface area (TPSA) is 37.3 Å². The summed E-state index contributed by atoms with van der Waals surface area (Å²) in [6.45, 7) is 3.99. The van der Waals surface area contributed by atoms with Crippen LogP contribution in [0, 0.1) is 23.2 Å². The normalized spacial score (nSPS) is 54.3. The van der Waals surface area contributed by atoms with Crippen LogP contribution >= 0.6 is 0 Å². The van der Waals surface area contributed by atoms with Crippen LogP contribution in [-0.2, 0) is 4.79 Å². The van der Waals surface area contributed by atoms with Gasteiger partial charge in [-0.15, -0.1) is 0 Å². The van der Waals surface area contributed by atoms with E-state index in [1.807, 2.05) is 0 Å². The van der Waals surface area contributed by atoms with Gasteiger partial charge >= 0.3 is 0 Å². The van der Waals surface area contributed by atoms with E-state index in [2.05, 4.69) is 6.92 Å². The Labute approximate surface area is 104 Å². The molecule has 0 aromatic carbocycles. The molecular formula is C15H24O2. The first-order chi connectivity index (χ1) is 7.98. The number of Topliss-reactive ketones (excluding diaryl/α,β-unsaturated/α-hetero) is 1. The van der Waals surface area contributed by atoms with E-state index in [1.165, 1.54) is 32.1 Å². The van der Waals surface area contributed by atoms with Crippen LogP contribution in [0.15, 0.2) is 0 Å². The molecule has 4 rings (SSSR count). The molecular weight excluding hydrogens is 212 g/mol. The minimum atomic E-state index is -1.06. The molecule has 17 heavy (non-hydrogen) atoms. The molecule has 4 saturated carbocycles. The Morgan fingerprint density at radius 1 is 1.29 bits per heavy atom. The van der Waals surface area contributed by atoms with Crippen molar-refractivity contribution in [1.29, 1.82) is 0 Å². The second kappa shape index (κ2) is 3.57. The zero-order chi connectivity index (χ0) is 12.3. The van der Waals surface area contributed by atoms with Crippen molar-refractivity contribution in [3.63, 3.8) is 0 Å². The van der Waals surface area contributed by atoms with Crippen molar-refractivity contribution in [2.75, 3.05) is 0 Å². The van der Waals surface area contributed by atoms with E-state index >= 15 is 0 Å². The number of hydrogen-bond acceptors (Lipinski definition) is 2. The standard InChI is InChI=1S/C15H24O2/c1-10-7-13(16)14(2,17)15(10)6-4-3-5-11-8-12(15)9-11/h10-12,17H,3-9H2,1-2H3. The van der Waals surface area contributed by atoms with Crippen LogP contribution in [0.3, 0.4) is 0 Å². The molecule has 96 valence electrons. The van der Waals surface area contributed by atoms with Crippen LogP contribution in [0.5, 0.6) is 0 Å². The SMILES string of the molecule is CC1CC(=O)C(C)(O)C12CCCCC1CC2C1. The number of aliphatic hydroxyl groups is 1. The zero-order valence-corrected chi connectivity index (χ0v) is 11.0. The number of rotatable bonds is 0. The molecule has 3 atom stereocenters. The highest BCUT2D eigenvalue weighted by Gasteiger charge is 2.65. The quantitative estimate of drug-likeness (QED) is 0.702. The van der Waals surface area contributed by atoms with Gasteiger partial charge in [0.05, 0.1) is 0 Å². The van der Waals surface area contributed by atoms with Gasteiger partial charge in [0.15, 0.2) is 5.78 Å². The van der Waals surface area contributed by atoms with Gasteiger partial charge < -0.3 is 5.11 Å². The van der Waals surface area contributed by atoms with E-state index in [-0.39, 0.29) is 11.2 Å². The lowest BCUT2D eigenvalue weighted by molar-refractivity contribution is -0.162. The van der Waals surface area contributed by atoms with Crippen LogP contribution in [-0.4, -0.2) is 16.5 Å². The predicted octanol–water partition coefficient (Wildman–Crippen LogP) is 2.93. The number of carbonyl (C=O) groups excluding carboxylic acids is 1. The lowest BCUT2D eigenvalue weighted by atomic mass is 9.50. The highest BCUT2D eigenvalue weighted by molar-refractivity contribution is 5.90. The molecule has 4 fully saturated rings. The van der Waals surface area contributed by atoms with E-state index < -0.39 is 5.60 Å². The van der Waals surface area contributed by atoms with Crippen molar-refractivity contribution < 1.29 is 9.90 Å². The van der Waals surface area contributed by atoms with Crippen LogP contribution < -0.4 is 0 Å². The monoisotopic (exact) mass is 236 g/mol. The molecule has 1 N–H and O–H groups in total. The van der Waals surface area contributed by atoms with Crippen molar-refractivity contribution in [1.82, 2.24) is 0 Å². The largest absolute Gasteiger partial charge is 0.382 e. The summed E-state index contributed by atoms with van der Waals surface area (Å²) in [6, 6.07) is 0. The summed E-state index contributed by atoms with van der Waals surface area (Å²) >= 11 is 0. The zero-order valence-electron chi connectivity index (χ0n) is 11.0. The number of carbonyl (C=O) groups is 1. The van der Waals surface area contributed by atoms with Crippen molar-refractivity contribution in [2.24, 2.45) is 23.2 Å². The minimum absolute atomic E-state index is 0.0917. The second-order valence-corrected chi connectivity index (χ2v) is 6.92. The molecule has 0 aromatic heterocycles. The maximum Gasteiger partial charge on any atom is 0.164 e. The van der Waals surface area contributed by atoms with Crippen LogP contribution in [0.25, 0.3) is 0 Å². The fourth-order valence-corrected chi connectivity index (χ4v) is 5.13. The third-order valence-corrected chi connectivity index (χ3v) is 6.24. The molecule has 1 spiro atoms. The summed E-state index contributed by atoms with van der Waals surface area (Å²) in [6.07, 6.45) is 8.02. The first-order valence-electron chi connectivity index (χ1n) is 7.24. The average Bonchev–Trinajstić information content (AvgIpc) is 2.28. The summed E-state index contributed by atoms with van der Waals surface area (Å²) in [4.78, 5) is 12.1. The smallest absolute Gasteiger partial charge is 0.164 e. The third kappa shape index (κ3) is 1.34. The summed E-state index contributed by atoms with van der Waals surface area (Å²) in [5.74, 6) is 1.95. The molecule has 4 aliphatic rings. The maximum absolute atomic E-state index is 12.1. The van der Waals surface area contributed by atoms with Gasteiger partial charge in [-0.25, -0.2) is 0 Å². The first kappa shape index (κ1) is 11.7. The summed E-state index contributed by atoms with van der Waals surface area (Å²) in [5.41, 5.74) is -1.15. The van der Waals surface area contributed by atoms with Gasteiger partial charge in [0.2, 0.25) is 0 Å². The molecule has 2 heteroatoms. The summed E-state index contributed by atoms with van der Waals surface area (Å²) in [5, 5.41) is 10.8. The lowest BCUT2D eigenvalue weighted by Crippen LogP contribution is -2.56. The Kier molecular flexibility index (Phi) is 2.46. The van der Waals surface area contributed by atoms with Gasteiger partial charge in [-0.05, 0) is 43.9 Å². The molecule has 3 unspecified atom stereocenters. The fraction of sp³-hybridized carbons (Fsp3) is 0.933. The van der Waals surface area contributed by atoms with Crippen molar-refractivity contribution in [3.05, 3.63) is 0 Å². The molecule has 4 aliphatic carbocycles. The molecule has 0 heterocycles. The van der Waals surface area contributed by atoms with E-state index in [0.29, 0.717) is 18.3 Å².